The van der Waals surface area contributed by atoms with Crippen LogP contribution in [0.25, 0.3) is 0 Å². The molecular formula is C15H16ClF2N5O2. The maximum Gasteiger partial charge on any atom is 0.387 e. The molecule has 134 valence electrons. The van der Waals surface area contributed by atoms with Gasteiger partial charge in [0.25, 0.3) is 0 Å². The number of alkyl halides is 2. The first kappa shape index (κ1) is 17.4. The van der Waals surface area contributed by atoms with Crippen molar-refractivity contribution in [2.24, 2.45) is 0 Å². The zero-order valence-corrected chi connectivity index (χ0v) is 13.8. The normalized spacial score (nSPS) is 16.4. The minimum Gasteiger partial charge on any atom is -0.434 e. The van der Waals surface area contributed by atoms with Crippen LogP contribution in [-0.4, -0.2) is 33.4 Å². The predicted molar refractivity (Wildman–Crippen MR) is 85.6 cm³/mol. The Morgan fingerprint density at radius 2 is 2.32 bits per heavy atom. The van der Waals surface area contributed by atoms with Gasteiger partial charge in [-0.1, -0.05) is 11.6 Å². The second-order valence-electron chi connectivity index (χ2n) is 5.55. The lowest BCUT2D eigenvalue weighted by Crippen LogP contribution is -2.45. The van der Waals surface area contributed by atoms with Crippen molar-refractivity contribution in [3.05, 3.63) is 40.9 Å². The van der Waals surface area contributed by atoms with Gasteiger partial charge in [0.2, 0.25) is 0 Å². The number of nitrogens with zero attached hydrogens (tertiary/aromatic N) is 3. The van der Waals surface area contributed by atoms with E-state index in [9.17, 15) is 13.6 Å². The Hall–Kier alpha value is -2.42. The Kier molecular flexibility index (Phi) is 5.32. The number of aromatic nitrogens is 3. The number of aryl methyl sites for hydroxylation is 1. The third kappa shape index (κ3) is 4.56. The highest BCUT2D eigenvalue weighted by Gasteiger charge is 2.21. The van der Waals surface area contributed by atoms with Crippen LogP contribution in [0.15, 0.2) is 24.5 Å². The van der Waals surface area contributed by atoms with Crippen molar-refractivity contribution in [3.63, 3.8) is 0 Å². The van der Waals surface area contributed by atoms with E-state index in [1.807, 2.05) is 0 Å². The van der Waals surface area contributed by atoms with Gasteiger partial charge in [-0.05, 0) is 24.6 Å². The smallest absolute Gasteiger partial charge is 0.387 e. The summed E-state index contributed by atoms with van der Waals surface area (Å²) in [6.45, 7) is -2.40. The summed E-state index contributed by atoms with van der Waals surface area (Å²) in [6.07, 6.45) is 2.97. The van der Waals surface area contributed by atoms with Crippen LogP contribution in [-0.2, 0) is 19.5 Å². The molecule has 0 saturated carbocycles. The van der Waals surface area contributed by atoms with Gasteiger partial charge in [-0.15, -0.1) is 0 Å². The number of halogens is 3. The fourth-order valence-electron chi connectivity index (χ4n) is 2.66. The third-order valence-electron chi connectivity index (χ3n) is 3.82. The van der Waals surface area contributed by atoms with E-state index in [-0.39, 0.29) is 18.3 Å². The summed E-state index contributed by atoms with van der Waals surface area (Å²) >= 11 is 5.87. The highest BCUT2D eigenvalue weighted by molar-refractivity contribution is 6.30. The molecule has 1 aliphatic heterocycles. The summed E-state index contributed by atoms with van der Waals surface area (Å²) in [6, 6.07) is 3.78. The van der Waals surface area contributed by atoms with Crippen molar-refractivity contribution in [1.29, 1.82) is 0 Å². The summed E-state index contributed by atoms with van der Waals surface area (Å²) < 4.78 is 31.1. The Balaban J connectivity index is 1.55. The molecule has 2 heterocycles. The highest BCUT2D eigenvalue weighted by Crippen LogP contribution is 2.24. The van der Waals surface area contributed by atoms with Gasteiger partial charge in [0.1, 0.15) is 17.9 Å². The largest absolute Gasteiger partial charge is 0.434 e. The summed E-state index contributed by atoms with van der Waals surface area (Å²) in [4.78, 5) is 16.2. The van der Waals surface area contributed by atoms with Crippen LogP contribution in [0.3, 0.4) is 0 Å². The van der Waals surface area contributed by atoms with E-state index in [2.05, 4.69) is 25.5 Å². The number of fused-ring (bicyclic) bond motifs is 1. The Morgan fingerprint density at radius 1 is 1.48 bits per heavy atom. The van der Waals surface area contributed by atoms with Gasteiger partial charge < -0.3 is 15.4 Å². The molecule has 1 aliphatic rings. The predicted octanol–water partition coefficient (Wildman–Crippen LogP) is 2.35. The van der Waals surface area contributed by atoms with Gasteiger partial charge in [-0.25, -0.2) is 14.5 Å². The van der Waals surface area contributed by atoms with Crippen LogP contribution in [0.5, 0.6) is 5.75 Å². The second-order valence-corrected chi connectivity index (χ2v) is 5.99. The number of hydrogen-bond donors (Lipinski definition) is 2. The second kappa shape index (κ2) is 7.64. The fraction of sp³-hybridized carbons (Fsp3) is 0.400. The average molecular weight is 372 g/mol. The number of hydrogen-bond acceptors (Lipinski definition) is 4. The zero-order chi connectivity index (χ0) is 17.8. The van der Waals surface area contributed by atoms with Crippen molar-refractivity contribution in [3.8, 4) is 5.75 Å². The van der Waals surface area contributed by atoms with E-state index < -0.39 is 12.6 Å². The zero-order valence-electron chi connectivity index (χ0n) is 13.1. The van der Waals surface area contributed by atoms with Crippen molar-refractivity contribution in [1.82, 2.24) is 25.4 Å². The SMILES string of the molecule is O=C(NCc1cc(Cl)ccc1OC(F)F)N[C@@H]1CCc2ncnn2C1. The maximum atomic E-state index is 12.4. The quantitative estimate of drug-likeness (QED) is 0.845. The molecule has 0 unspecified atom stereocenters. The summed E-state index contributed by atoms with van der Waals surface area (Å²) in [7, 11) is 0. The Bertz CT molecular complexity index is 755. The molecule has 2 amide bonds. The van der Waals surface area contributed by atoms with E-state index in [0.29, 0.717) is 17.1 Å². The Morgan fingerprint density at radius 3 is 3.12 bits per heavy atom. The molecule has 0 radical (unpaired) electrons. The number of carbonyl (C=O) groups excluding carboxylic acids is 1. The lowest BCUT2D eigenvalue weighted by Gasteiger charge is -2.23. The molecule has 2 aromatic rings. The van der Waals surface area contributed by atoms with Crippen LogP contribution < -0.4 is 15.4 Å². The van der Waals surface area contributed by atoms with Gasteiger partial charge in [0.05, 0.1) is 12.6 Å². The summed E-state index contributed by atoms with van der Waals surface area (Å²) in [5, 5.41) is 9.91. The van der Waals surface area contributed by atoms with E-state index in [1.54, 1.807) is 4.68 Å². The number of nitrogens with one attached hydrogen (secondary N) is 2. The van der Waals surface area contributed by atoms with E-state index in [4.69, 9.17) is 11.6 Å². The molecule has 0 bridgehead atoms. The van der Waals surface area contributed by atoms with Crippen LogP contribution in [0, 0.1) is 0 Å². The number of ether oxygens (including phenoxy) is 1. The molecule has 3 rings (SSSR count). The number of urea groups is 1. The van der Waals surface area contributed by atoms with Crippen LogP contribution in [0.1, 0.15) is 17.8 Å². The number of carbonyl (C=O) groups is 1. The molecule has 2 N–H and O–H groups in total. The maximum absolute atomic E-state index is 12.4. The van der Waals surface area contributed by atoms with Crippen molar-refractivity contribution in [2.75, 3.05) is 0 Å². The average Bonchev–Trinajstić information content (AvgIpc) is 3.02. The van der Waals surface area contributed by atoms with Gasteiger partial charge >= 0.3 is 12.6 Å². The van der Waals surface area contributed by atoms with Crippen molar-refractivity contribution < 1.29 is 18.3 Å². The minimum atomic E-state index is -2.95. The highest BCUT2D eigenvalue weighted by atomic mass is 35.5. The molecule has 10 heteroatoms. The van der Waals surface area contributed by atoms with E-state index in [1.165, 1.54) is 24.5 Å². The van der Waals surface area contributed by atoms with Crippen LogP contribution in [0.2, 0.25) is 5.02 Å². The molecule has 1 aromatic carbocycles. The monoisotopic (exact) mass is 371 g/mol. The molecule has 0 spiro atoms. The molecule has 7 nitrogen and oxygen atoms in total. The molecular weight excluding hydrogens is 356 g/mol. The molecule has 0 saturated heterocycles. The minimum absolute atomic E-state index is 0.00966. The van der Waals surface area contributed by atoms with Gasteiger partial charge in [0, 0.05) is 23.6 Å². The van der Waals surface area contributed by atoms with Crippen molar-refractivity contribution >= 4 is 17.6 Å². The summed E-state index contributed by atoms with van der Waals surface area (Å²) in [5.74, 6) is 0.871. The lowest BCUT2D eigenvalue weighted by atomic mass is 10.1. The fourth-order valence-corrected chi connectivity index (χ4v) is 2.86. The summed E-state index contributed by atoms with van der Waals surface area (Å²) in [5.41, 5.74) is 0.366. The molecule has 25 heavy (non-hydrogen) atoms. The first-order valence-electron chi connectivity index (χ1n) is 7.65. The van der Waals surface area contributed by atoms with Gasteiger partial charge in [-0.2, -0.15) is 13.9 Å². The third-order valence-corrected chi connectivity index (χ3v) is 4.05. The number of rotatable bonds is 5. The molecule has 1 atom stereocenters. The van der Waals surface area contributed by atoms with Crippen LogP contribution >= 0.6 is 11.6 Å². The van der Waals surface area contributed by atoms with E-state index >= 15 is 0 Å². The number of benzene rings is 1. The van der Waals surface area contributed by atoms with Gasteiger partial charge in [0.15, 0.2) is 0 Å². The van der Waals surface area contributed by atoms with Crippen molar-refractivity contribution in [2.45, 2.75) is 38.6 Å². The van der Waals surface area contributed by atoms with Crippen LogP contribution in [0.4, 0.5) is 13.6 Å². The van der Waals surface area contributed by atoms with E-state index in [0.717, 1.165) is 18.7 Å². The first-order valence-corrected chi connectivity index (χ1v) is 8.03. The standard InChI is InChI=1S/C15H16ClF2N5O2/c16-10-1-3-12(25-14(17)18)9(5-10)6-19-15(24)22-11-2-4-13-20-8-21-23(13)7-11/h1,3,5,8,11,14H,2,4,6-7H2,(H2,19,22,24)/t11-/m1/s1. The Labute approximate surface area is 147 Å². The van der Waals surface area contributed by atoms with Gasteiger partial charge in [-0.3, -0.25) is 0 Å². The molecule has 0 fully saturated rings. The first-order chi connectivity index (χ1) is 12.0. The molecule has 1 aromatic heterocycles. The molecule has 0 aliphatic carbocycles. The lowest BCUT2D eigenvalue weighted by molar-refractivity contribution is -0.0504. The topological polar surface area (TPSA) is 81.1 Å². The number of amides is 2.